The van der Waals surface area contributed by atoms with Gasteiger partial charge in [0.05, 0.1) is 0 Å². The van der Waals surface area contributed by atoms with Crippen molar-refractivity contribution in [3.05, 3.63) is 0 Å². The lowest BCUT2D eigenvalue weighted by Gasteiger charge is -2.10. The van der Waals surface area contributed by atoms with Crippen LogP contribution in [0.4, 0.5) is 0 Å². The van der Waals surface area contributed by atoms with Crippen molar-refractivity contribution >= 4 is 0 Å². The van der Waals surface area contributed by atoms with Crippen LogP contribution in [0.5, 0.6) is 0 Å². The van der Waals surface area contributed by atoms with Crippen molar-refractivity contribution in [2.75, 3.05) is 0 Å². The first kappa shape index (κ1) is 12.0. The molecule has 84 valence electrons. The van der Waals surface area contributed by atoms with E-state index >= 15 is 0 Å². The van der Waals surface area contributed by atoms with E-state index in [-0.39, 0.29) is 0 Å². The molecule has 0 aliphatic heterocycles. The lowest BCUT2D eigenvalue weighted by atomic mass is 10.0. The number of hydrogen-bond acceptors (Lipinski definition) is 1. The fourth-order valence-corrected chi connectivity index (χ4v) is 2.01. The molecule has 0 heterocycles. The van der Waals surface area contributed by atoms with Crippen molar-refractivity contribution in [2.45, 2.75) is 77.2 Å². The maximum Gasteiger partial charge on any atom is 0.00389 e. The minimum atomic E-state index is 0.497. The van der Waals surface area contributed by atoms with Gasteiger partial charge in [-0.15, -0.1) is 0 Å². The Morgan fingerprint density at radius 2 is 1.79 bits per heavy atom. The van der Waals surface area contributed by atoms with Gasteiger partial charge >= 0.3 is 0 Å². The molecule has 0 aromatic carbocycles. The Balaban J connectivity index is 1.79. The molecule has 1 aliphatic rings. The third kappa shape index (κ3) is 6.42. The topological polar surface area (TPSA) is 26.0 Å². The molecule has 1 fully saturated rings. The summed E-state index contributed by atoms with van der Waals surface area (Å²) in [5, 5.41) is 0. The van der Waals surface area contributed by atoms with Crippen molar-refractivity contribution < 1.29 is 0 Å². The summed E-state index contributed by atoms with van der Waals surface area (Å²) in [6, 6.07) is 0.497. The normalized spacial score (nSPS) is 18.4. The molecule has 2 N–H and O–H groups in total. The van der Waals surface area contributed by atoms with Gasteiger partial charge in [0.15, 0.2) is 0 Å². The maximum absolute atomic E-state index is 6.06. The summed E-state index contributed by atoms with van der Waals surface area (Å²) < 4.78 is 0. The summed E-state index contributed by atoms with van der Waals surface area (Å²) in [7, 11) is 0. The Hall–Kier alpha value is -0.0400. The lowest BCUT2D eigenvalue weighted by Crippen LogP contribution is -2.19. The summed E-state index contributed by atoms with van der Waals surface area (Å²) in [6.45, 7) is 2.27. The van der Waals surface area contributed by atoms with Crippen molar-refractivity contribution in [3.63, 3.8) is 0 Å². The number of hydrogen-bond donors (Lipinski definition) is 1. The Morgan fingerprint density at radius 3 is 2.43 bits per heavy atom. The van der Waals surface area contributed by atoms with E-state index in [0.29, 0.717) is 6.04 Å². The van der Waals surface area contributed by atoms with Crippen LogP contribution >= 0.6 is 0 Å². The molecule has 0 bridgehead atoms. The number of nitrogens with two attached hydrogens (primary N) is 1. The van der Waals surface area contributed by atoms with E-state index < -0.39 is 0 Å². The van der Waals surface area contributed by atoms with Gasteiger partial charge in [-0.25, -0.2) is 0 Å². The van der Waals surface area contributed by atoms with Crippen LogP contribution in [-0.2, 0) is 0 Å². The highest BCUT2D eigenvalue weighted by Gasteiger charge is 2.21. The van der Waals surface area contributed by atoms with E-state index in [0.717, 1.165) is 5.92 Å². The van der Waals surface area contributed by atoms with Gasteiger partial charge in [-0.3, -0.25) is 0 Å². The van der Waals surface area contributed by atoms with E-state index in [4.69, 9.17) is 5.73 Å². The fourth-order valence-electron chi connectivity index (χ4n) is 2.01. The average molecular weight is 197 g/mol. The van der Waals surface area contributed by atoms with Gasteiger partial charge in [0.1, 0.15) is 0 Å². The predicted molar refractivity (Wildman–Crippen MR) is 63.3 cm³/mol. The van der Waals surface area contributed by atoms with E-state index in [2.05, 4.69) is 6.92 Å². The molecular formula is C13H27N. The van der Waals surface area contributed by atoms with Gasteiger partial charge < -0.3 is 5.73 Å². The predicted octanol–water partition coefficient (Wildman–Crippen LogP) is 3.86. The molecule has 1 atom stereocenters. The van der Waals surface area contributed by atoms with Gasteiger partial charge in [-0.2, -0.15) is 0 Å². The minimum absolute atomic E-state index is 0.497. The molecule has 0 saturated heterocycles. The van der Waals surface area contributed by atoms with Crippen LogP contribution in [0.25, 0.3) is 0 Å². The molecule has 1 rings (SSSR count). The van der Waals surface area contributed by atoms with E-state index in [1.54, 1.807) is 0 Å². The highest BCUT2D eigenvalue weighted by molar-refractivity contribution is 4.75. The van der Waals surface area contributed by atoms with Crippen LogP contribution in [0.15, 0.2) is 0 Å². The van der Waals surface area contributed by atoms with Crippen LogP contribution in [0.2, 0.25) is 0 Å². The van der Waals surface area contributed by atoms with Crippen molar-refractivity contribution in [1.82, 2.24) is 0 Å². The highest BCUT2D eigenvalue weighted by atomic mass is 14.6. The van der Waals surface area contributed by atoms with E-state index in [1.165, 1.54) is 64.2 Å². The average Bonchev–Trinajstić information content (AvgIpc) is 2.98. The monoisotopic (exact) mass is 197 g/mol. The lowest BCUT2D eigenvalue weighted by molar-refractivity contribution is 0.490. The Labute approximate surface area is 89.5 Å². The van der Waals surface area contributed by atoms with Crippen molar-refractivity contribution in [1.29, 1.82) is 0 Å². The smallest absolute Gasteiger partial charge is 0.00389 e. The second-order valence-electron chi connectivity index (χ2n) is 4.98. The van der Waals surface area contributed by atoms with Crippen LogP contribution in [-0.4, -0.2) is 6.04 Å². The zero-order chi connectivity index (χ0) is 10.2. The molecule has 0 amide bonds. The third-order valence-electron chi connectivity index (χ3n) is 3.32. The minimum Gasteiger partial charge on any atom is -0.328 e. The number of rotatable bonds is 9. The summed E-state index contributed by atoms with van der Waals surface area (Å²) >= 11 is 0. The van der Waals surface area contributed by atoms with Crippen molar-refractivity contribution in [2.24, 2.45) is 11.7 Å². The number of unbranched alkanes of at least 4 members (excludes halogenated alkanes) is 4. The maximum atomic E-state index is 6.06. The SMILES string of the molecule is CCCCCCCC(N)CCC1CC1. The van der Waals surface area contributed by atoms with E-state index in [1.807, 2.05) is 0 Å². The molecular weight excluding hydrogens is 170 g/mol. The molecule has 1 nitrogen and oxygen atoms in total. The van der Waals surface area contributed by atoms with E-state index in [9.17, 15) is 0 Å². The molecule has 0 aromatic rings. The molecule has 1 unspecified atom stereocenters. The molecule has 1 saturated carbocycles. The summed E-state index contributed by atoms with van der Waals surface area (Å²) in [5.41, 5.74) is 6.06. The summed E-state index contributed by atoms with van der Waals surface area (Å²) in [4.78, 5) is 0. The molecule has 14 heavy (non-hydrogen) atoms. The quantitative estimate of drug-likeness (QED) is 0.558. The van der Waals surface area contributed by atoms with Gasteiger partial charge in [-0.05, 0) is 25.2 Å². The highest BCUT2D eigenvalue weighted by Crippen LogP contribution is 2.33. The van der Waals surface area contributed by atoms with Gasteiger partial charge in [0.25, 0.3) is 0 Å². The van der Waals surface area contributed by atoms with Gasteiger partial charge in [0.2, 0.25) is 0 Å². The summed E-state index contributed by atoms with van der Waals surface area (Å²) in [5.74, 6) is 1.06. The third-order valence-corrected chi connectivity index (χ3v) is 3.32. The molecule has 0 radical (unpaired) electrons. The largest absolute Gasteiger partial charge is 0.328 e. The molecule has 1 heteroatoms. The first-order valence-corrected chi connectivity index (χ1v) is 6.58. The first-order chi connectivity index (χ1) is 6.83. The van der Waals surface area contributed by atoms with Crippen LogP contribution in [0.1, 0.15) is 71.1 Å². The first-order valence-electron chi connectivity index (χ1n) is 6.58. The fraction of sp³-hybridized carbons (Fsp3) is 1.00. The zero-order valence-corrected chi connectivity index (χ0v) is 9.80. The van der Waals surface area contributed by atoms with Gasteiger partial charge in [0, 0.05) is 6.04 Å². The second kappa shape index (κ2) is 7.28. The van der Waals surface area contributed by atoms with Crippen molar-refractivity contribution in [3.8, 4) is 0 Å². The molecule has 0 aromatic heterocycles. The zero-order valence-electron chi connectivity index (χ0n) is 9.80. The Morgan fingerprint density at radius 1 is 1.07 bits per heavy atom. The van der Waals surface area contributed by atoms with Crippen LogP contribution in [0.3, 0.4) is 0 Å². The van der Waals surface area contributed by atoms with Crippen LogP contribution in [0, 0.1) is 5.92 Å². The Bertz CT molecular complexity index is 129. The van der Waals surface area contributed by atoms with Crippen LogP contribution < -0.4 is 5.73 Å². The molecule has 1 aliphatic carbocycles. The standard InChI is InChI=1S/C13H27N/c1-2-3-4-5-6-7-13(14)11-10-12-8-9-12/h12-13H,2-11,14H2,1H3. The second-order valence-corrected chi connectivity index (χ2v) is 4.98. The van der Waals surface area contributed by atoms with Gasteiger partial charge in [-0.1, -0.05) is 51.9 Å². The summed E-state index contributed by atoms with van der Waals surface area (Å²) in [6.07, 6.45) is 13.8. The Kier molecular flexibility index (Phi) is 6.25. The molecule has 0 spiro atoms.